The van der Waals surface area contributed by atoms with Gasteiger partial charge in [-0.05, 0) is 38.5 Å². The highest BCUT2D eigenvalue weighted by molar-refractivity contribution is 6.11. The number of carbonyl (C=O) groups excluding carboxylic acids is 2. The van der Waals surface area contributed by atoms with E-state index in [1.54, 1.807) is 18.7 Å². The van der Waals surface area contributed by atoms with E-state index in [9.17, 15) is 32.7 Å². The molecule has 1 fully saturated rings. The van der Waals surface area contributed by atoms with Gasteiger partial charge in [0.2, 0.25) is 11.8 Å². The molecule has 2 heterocycles. The summed E-state index contributed by atoms with van der Waals surface area (Å²) < 4.78 is 38.8. The molecule has 0 spiro atoms. The number of aliphatic carboxylic acids is 1. The van der Waals surface area contributed by atoms with Gasteiger partial charge in [-0.25, -0.2) is 0 Å². The summed E-state index contributed by atoms with van der Waals surface area (Å²) in [5.41, 5.74) is -1.79. The first-order valence-electron chi connectivity index (χ1n) is 8.72. The number of carboxylic acid groups (broad SMARTS) is 1. The number of carboxylic acids is 1. The number of benzene rings is 1. The molecule has 1 aromatic carbocycles. The molecule has 3 rings (SSSR count). The second kappa shape index (κ2) is 6.77. The Morgan fingerprint density at radius 3 is 2.57 bits per heavy atom. The predicted molar refractivity (Wildman–Crippen MR) is 93.8 cm³/mol. The summed E-state index contributed by atoms with van der Waals surface area (Å²) >= 11 is 0. The highest BCUT2D eigenvalue weighted by Crippen LogP contribution is 2.38. The zero-order valence-corrected chi connectivity index (χ0v) is 15.3. The minimum Gasteiger partial charge on any atom is -0.481 e. The van der Waals surface area contributed by atoms with Crippen molar-refractivity contribution in [3.63, 3.8) is 0 Å². The number of rotatable bonds is 3. The van der Waals surface area contributed by atoms with Gasteiger partial charge in [0, 0.05) is 13.1 Å². The number of alkyl halides is 3. The summed E-state index contributed by atoms with van der Waals surface area (Å²) in [5, 5.41) is 11.7. The second-order valence-corrected chi connectivity index (χ2v) is 7.46. The molecule has 28 heavy (non-hydrogen) atoms. The molecule has 2 amide bonds. The van der Waals surface area contributed by atoms with Gasteiger partial charge in [-0.2, -0.15) is 13.2 Å². The molecule has 0 radical (unpaired) electrons. The Balaban J connectivity index is 1.85. The van der Waals surface area contributed by atoms with Crippen molar-refractivity contribution in [1.29, 1.82) is 0 Å². The van der Waals surface area contributed by atoms with Crippen LogP contribution in [0.3, 0.4) is 0 Å². The van der Waals surface area contributed by atoms with Crippen LogP contribution in [0.4, 0.5) is 24.5 Å². The maximum atomic E-state index is 13.0. The third kappa shape index (κ3) is 3.56. The quantitative estimate of drug-likeness (QED) is 0.813. The number of amides is 2. The molecule has 7 nitrogen and oxygen atoms in total. The number of fused-ring (bicyclic) bond motifs is 1. The van der Waals surface area contributed by atoms with E-state index >= 15 is 0 Å². The van der Waals surface area contributed by atoms with Crippen LogP contribution in [0.5, 0.6) is 0 Å². The third-order valence-corrected chi connectivity index (χ3v) is 5.38. The monoisotopic (exact) mass is 399 g/mol. The lowest BCUT2D eigenvalue weighted by Gasteiger charge is -2.34. The molecule has 0 bridgehead atoms. The van der Waals surface area contributed by atoms with Crippen molar-refractivity contribution in [3.05, 3.63) is 23.8 Å². The van der Waals surface area contributed by atoms with E-state index in [-0.39, 0.29) is 24.5 Å². The van der Waals surface area contributed by atoms with Crippen LogP contribution in [-0.4, -0.2) is 53.5 Å². The Bertz CT molecular complexity index is 842. The van der Waals surface area contributed by atoms with E-state index in [1.807, 2.05) is 0 Å². The molecule has 0 saturated carbocycles. The minimum atomic E-state index is -4.57. The molecule has 2 N–H and O–H groups in total. The highest BCUT2D eigenvalue weighted by atomic mass is 19.4. The Labute approximate surface area is 159 Å². The van der Waals surface area contributed by atoms with Gasteiger partial charge >= 0.3 is 12.1 Å². The van der Waals surface area contributed by atoms with Crippen LogP contribution < -0.4 is 10.2 Å². The van der Waals surface area contributed by atoms with Gasteiger partial charge in [-0.15, -0.1) is 0 Å². The lowest BCUT2D eigenvalue weighted by Crippen LogP contribution is -2.51. The summed E-state index contributed by atoms with van der Waals surface area (Å²) in [5.74, 6) is -2.01. The Morgan fingerprint density at radius 1 is 1.32 bits per heavy atom. The number of carbonyl (C=O) groups is 3. The van der Waals surface area contributed by atoms with Crippen LogP contribution in [0.1, 0.15) is 25.8 Å². The lowest BCUT2D eigenvalue weighted by molar-refractivity contribution is -0.147. The standard InChI is InChI=1S/C18H20F3N3O4/c1-10(23-6-5-17(2,9-23)16(27)28)15(26)24-8-14(25)22-12-7-11(18(19,20)21)3-4-13(12)24/h3-4,7,10H,5-6,8-9H2,1-2H3,(H,22,25)(H,27,28). The van der Waals surface area contributed by atoms with Crippen molar-refractivity contribution >= 4 is 29.2 Å². The molecule has 10 heteroatoms. The SMILES string of the molecule is CC(C(=O)N1CC(=O)Nc2cc(C(F)(F)F)ccc21)N1CCC(C)(C(=O)O)C1. The summed E-state index contributed by atoms with van der Waals surface area (Å²) in [7, 11) is 0. The predicted octanol–water partition coefficient (Wildman–Crippen LogP) is 2.18. The van der Waals surface area contributed by atoms with Crippen LogP contribution in [0, 0.1) is 5.41 Å². The molecule has 0 aromatic heterocycles. The molecule has 2 aliphatic rings. The molecular weight excluding hydrogens is 379 g/mol. The number of anilines is 2. The molecule has 1 saturated heterocycles. The number of likely N-dealkylation sites (tertiary alicyclic amines) is 1. The normalized spacial score (nSPS) is 23.9. The first-order valence-corrected chi connectivity index (χ1v) is 8.72. The molecular formula is C18H20F3N3O4. The van der Waals surface area contributed by atoms with Crippen molar-refractivity contribution in [3.8, 4) is 0 Å². The van der Waals surface area contributed by atoms with E-state index in [0.717, 1.165) is 23.1 Å². The van der Waals surface area contributed by atoms with Gasteiger partial charge in [-0.3, -0.25) is 24.2 Å². The first kappa shape index (κ1) is 20.1. The molecule has 2 unspecified atom stereocenters. The highest BCUT2D eigenvalue weighted by Gasteiger charge is 2.44. The van der Waals surface area contributed by atoms with E-state index < -0.39 is 41.0 Å². The van der Waals surface area contributed by atoms with Crippen molar-refractivity contribution < 1.29 is 32.7 Å². The number of hydrogen-bond acceptors (Lipinski definition) is 4. The van der Waals surface area contributed by atoms with Gasteiger partial charge in [-0.1, -0.05) is 0 Å². The lowest BCUT2D eigenvalue weighted by atomic mass is 9.90. The maximum absolute atomic E-state index is 13.0. The topological polar surface area (TPSA) is 90.0 Å². The Kier molecular flexibility index (Phi) is 4.86. The third-order valence-electron chi connectivity index (χ3n) is 5.38. The smallest absolute Gasteiger partial charge is 0.416 e. The fraction of sp³-hybridized carbons (Fsp3) is 0.500. The Hall–Kier alpha value is -2.62. The number of halogens is 3. The molecule has 2 atom stereocenters. The largest absolute Gasteiger partial charge is 0.481 e. The summed E-state index contributed by atoms with van der Waals surface area (Å²) in [6.45, 7) is 3.47. The maximum Gasteiger partial charge on any atom is 0.416 e. The average molecular weight is 399 g/mol. The Morgan fingerprint density at radius 2 is 2.00 bits per heavy atom. The van der Waals surface area contributed by atoms with Crippen LogP contribution in [0.2, 0.25) is 0 Å². The fourth-order valence-electron chi connectivity index (χ4n) is 3.55. The summed E-state index contributed by atoms with van der Waals surface area (Å²) in [4.78, 5) is 39.2. The zero-order chi connectivity index (χ0) is 20.9. The average Bonchev–Trinajstić information content (AvgIpc) is 3.02. The number of nitrogens with zero attached hydrogens (tertiary/aromatic N) is 2. The van der Waals surface area contributed by atoms with Crippen LogP contribution in [0.25, 0.3) is 0 Å². The van der Waals surface area contributed by atoms with Gasteiger partial charge < -0.3 is 10.4 Å². The van der Waals surface area contributed by atoms with Crippen LogP contribution in [0.15, 0.2) is 18.2 Å². The fourth-order valence-corrected chi connectivity index (χ4v) is 3.55. The van der Waals surface area contributed by atoms with Gasteiger partial charge in [0.15, 0.2) is 0 Å². The van der Waals surface area contributed by atoms with Gasteiger partial charge in [0.1, 0.15) is 6.54 Å². The molecule has 1 aromatic rings. The molecule has 0 aliphatic carbocycles. The number of hydrogen-bond donors (Lipinski definition) is 2. The van der Waals surface area contributed by atoms with Crippen molar-refractivity contribution in [2.75, 3.05) is 29.9 Å². The van der Waals surface area contributed by atoms with Gasteiger partial charge in [0.05, 0.1) is 28.4 Å². The minimum absolute atomic E-state index is 0.0802. The molecule has 2 aliphatic heterocycles. The van der Waals surface area contributed by atoms with E-state index in [1.165, 1.54) is 0 Å². The zero-order valence-electron chi connectivity index (χ0n) is 15.3. The van der Waals surface area contributed by atoms with E-state index in [4.69, 9.17) is 0 Å². The molecule has 152 valence electrons. The number of nitrogens with one attached hydrogen (secondary N) is 1. The summed E-state index contributed by atoms with van der Waals surface area (Å²) in [6, 6.07) is 2.10. The van der Waals surface area contributed by atoms with Crippen molar-refractivity contribution in [2.45, 2.75) is 32.5 Å². The van der Waals surface area contributed by atoms with E-state index in [2.05, 4.69) is 5.32 Å². The van der Waals surface area contributed by atoms with Gasteiger partial charge in [0.25, 0.3) is 0 Å². The van der Waals surface area contributed by atoms with E-state index in [0.29, 0.717) is 13.0 Å². The van der Waals surface area contributed by atoms with Crippen molar-refractivity contribution in [1.82, 2.24) is 4.90 Å². The van der Waals surface area contributed by atoms with Crippen molar-refractivity contribution in [2.24, 2.45) is 5.41 Å². The van der Waals surface area contributed by atoms with Crippen LogP contribution >= 0.6 is 0 Å². The first-order chi connectivity index (χ1) is 12.9. The second-order valence-electron chi connectivity index (χ2n) is 7.46. The summed E-state index contributed by atoms with van der Waals surface area (Å²) in [6.07, 6.45) is -4.19. The van der Waals surface area contributed by atoms with Crippen LogP contribution in [-0.2, 0) is 20.6 Å².